The second-order valence-electron chi connectivity index (χ2n) is 1.81. The van der Waals surface area contributed by atoms with E-state index in [1.807, 2.05) is 0 Å². The molecule has 0 aliphatic carbocycles. The predicted octanol–water partition coefficient (Wildman–Crippen LogP) is 0.0001000. The molecular formula is C6H8O4. The van der Waals surface area contributed by atoms with Gasteiger partial charge in [0.2, 0.25) is 0 Å². The predicted molar refractivity (Wildman–Crippen MR) is 32.5 cm³/mol. The van der Waals surface area contributed by atoms with Crippen LogP contribution >= 0.6 is 0 Å². The molecule has 1 saturated heterocycles. The molecular weight excluding hydrogens is 136 g/mol. The molecule has 1 rings (SSSR count). The summed E-state index contributed by atoms with van der Waals surface area (Å²) in [7, 11) is 0. The van der Waals surface area contributed by atoms with Crippen molar-refractivity contribution in [3.8, 4) is 0 Å². The Labute approximate surface area is 58.1 Å². The Bertz CT molecular complexity index is 146. The van der Waals surface area contributed by atoms with Gasteiger partial charge in [-0.15, -0.1) is 0 Å². The summed E-state index contributed by atoms with van der Waals surface area (Å²) < 4.78 is 9.86. The molecule has 1 heterocycles. The molecule has 1 aliphatic rings. The van der Waals surface area contributed by atoms with Gasteiger partial charge in [0, 0.05) is 6.08 Å². The lowest BCUT2D eigenvalue weighted by Crippen LogP contribution is -2.03. The third-order valence-electron chi connectivity index (χ3n) is 1.04. The maximum Gasteiger partial charge on any atom is 0.328 e. The Balaban J connectivity index is 2.29. The van der Waals surface area contributed by atoms with Crippen molar-refractivity contribution in [3.05, 3.63) is 12.2 Å². The molecule has 1 fully saturated rings. The van der Waals surface area contributed by atoms with Crippen LogP contribution in [0.1, 0.15) is 0 Å². The Morgan fingerprint density at radius 2 is 2.10 bits per heavy atom. The molecule has 0 spiro atoms. The molecule has 0 saturated carbocycles. The first-order chi connectivity index (χ1) is 4.79. The maximum absolute atomic E-state index is 9.96. The molecule has 0 aromatic carbocycles. The molecule has 0 aromatic heterocycles. The second kappa shape index (κ2) is 3.34. The van der Waals surface area contributed by atoms with Gasteiger partial charge in [-0.05, 0) is 6.08 Å². The van der Waals surface area contributed by atoms with Crippen molar-refractivity contribution in [2.75, 3.05) is 13.2 Å². The van der Waals surface area contributed by atoms with Crippen molar-refractivity contribution < 1.29 is 19.4 Å². The number of rotatable bonds is 2. The van der Waals surface area contributed by atoms with Gasteiger partial charge >= 0.3 is 5.97 Å². The number of carboxylic acids is 1. The van der Waals surface area contributed by atoms with Crippen LogP contribution in [0, 0.1) is 0 Å². The van der Waals surface area contributed by atoms with E-state index in [0.717, 1.165) is 6.08 Å². The van der Waals surface area contributed by atoms with E-state index in [9.17, 15) is 4.79 Å². The van der Waals surface area contributed by atoms with Gasteiger partial charge < -0.3 is 14.6 Å². The second-order valence-corrected chi connectivity index (χ2v) is 1.81. The highest BCUT2D eigenvalue weighted by Crippen LogP contribution is 2.03. The minimum Gasteiger partial charge on any atom is -0.478 e. The average Bonchev–Trinajstić information content (AvgIpc) is 2.34. The Morgan fingerprint density at radius 3 is 2.60 bits per heavy atom. The Morgan fingerprint density at radius 1 is 1.50 bits per heavy atom. The molecule has 1 N–H and O–H groups in total. The first-order valence-corrected chi connectivity index (χ1v) is 2.93. The summed E-state index contributed by atoms with van der Waals surface area (Å²) in [6.45, 7) is 1.07. The van der Waals surface area contributed by atoms with Gasteiger partial charge in [-0.25, -0.2) is 4.79 Å². The zero-order valence-electron chi connectivity index (χ0n) is 5.32. The third-order valence-corrected chi connectivity index (χ3v) is 1.04. The minimum absolute atomic E-state index is 0.462. The van der Waals surface area contributed by atoms with Crippen LogP contribution in [0.15, 0.2) is 12.2 Å². The van der Waals surface area contributed by atoms with Gasteiger partial charge in [0.05, 0.1) is 13.2 Å². The van der Waals surface area contributed by atoms with E-state index in [1.54, 1.807) is 0 Å². The third kappa shape index (κ3) is 2.16. The largest absolute Gasteiger partial charge is 0.478 e. The fraction of sp³-hybridized carbons (Fsp3) is 0.500. The molecule has 4 nitrogen and oxygen atoms in total. The Kier molecular flexibility index (Phi) is 2.42. The monoisotopic (exact) mass is 144 g/mol. The van der Waals surface area contributed by atoms with Crippen LogP contribution in [0.25, 0.3) is 0 Å². The number of carbonyl (C=O) groups is 1. The van der Waals surface area contributed by atoms with Crippen LogP contribution in [0.2, 0.25) is 0 Å². The number of aliphatic carboxylic acids is 1. The molecule has 4 heteroatoms. The topological polar surface area (TPSA) is 55.8 Å². The molecule has 56 valence electrons. The summed E-state index contributed by atoms with van der Waals surface area (Å²) in [4.78, 5) is 9.96. The summed E-state index contributed by atoms with van der Waals surface area (Å²) in [5, 5.41) is 8.18. The first kappa shape index (κ1) is 7.24. The van der Waals surface area contributed by atoms with Gasteiger partial charge in [-0.1, -0.05) is 0 Å². The Hall–Kier alpha value is -0.870. The van der Waals surface area contributed by atoms with Crippen molar-refractivity contribution in [2.24, 2.45) is 0 Å². The summed E-state index contributed by atoms with van der Waals surface area (Å²) >= 11 is 0. The van der Waals surface area contributed by atoms with Crippen molar-refractivity contribution in [2.45, 2.75) is 6.29 Å². The van der Waals surface area contributed by atoms with Crippen LogP contribution in [-0.4, -0.2) is 30.6 Å². The van der Waals surface area contributed by atoms with E-state index in [2.05, 4.69) is 0 Å². The smallest absolute Gasteiger partial charge is 0.328 e. The molecule has 0 bridgehead atoms. The fourth-order valence-corrected chi connectivity index (χ4v) is 0.649. The summed E-state index contributed by atoms with van der Waals surface area (Å²) in [5.74, 6) is -0.987. The van der Waals surface area contributed by atoms with Crippen LogP contribution < -0.4 is 0 Å². The highest BCUT2D eigenvalue weighted by Gasteiger charge is 2.11. The van der Waals surface area contributed by atoms with E-state index >= 15 is 0 Å². The van der Waals surface area contributed by atoms with Gasteiger partial charge in [0.25, 0.3) is 0 Å². The zero-order chi connectivity index (χ0) is 7.40. The number of ether oxygens (including phenoxy) is 2. The van der Waals surface area contributed by atoms with E-state index in [-0.39, 0.29) is 0 Å². The van der Waals surface area contributed by atoms with Crippen LogP contribution in [-0.2, 0) is 14.3 Å². The molecule has 1 aliphatic heterocycles. The molecule has 0 amide bonds. The lowest BCUT2D eigenvalue weighted by Gasteiger charge is -1.98. The molecule has 0 aromatic rings. The summed E-state index contributed by atoms with van der Waals surface area (Å²) in [6.07, 6.45) is 1.92. The van der Waals surface area contributed by atoms with Crippen molar-refractivity contribution in [1.82, 2.24) is 0 Å². The van der Waals surface area contributed by atoms with E-state index in [4.69, 9.17) is 14.6 Å². The number of carboxylic acid groups (broad SMARTS) is 1. The van der Waals surface area contributed by atoms with Crippen molar-refractivity contribution in [1.29, 1.82) is 0 Å². The van der Waals surface area contributed by atoms with Gasteiger partial charge in [-0.2, -0.15) is 0 Å². The lowest BCUT2D eigenvalue weighted by molar-refractivity contribution is -0.131. The molecule has 10 heavy (non-hydrogen) atoms. The molecule has 0 unspecified atom stereocenters. The quantitative estimate of drug-likeness (QED) is 0.554. The fourth-order valence-electron chi connectivity index (χ4n) is 0.649. The van der Waals surface area contributed by atoms with Gasteiger partial charge in [-0.3, -0.25) is 0 Å². The molecule has 0 radical (unpaired) electrons. The van der Waals surface area contributed by atoms with E-state index in [1.165, 1.54) is 6.08 Å². The van der Waals surface area contributed by atoms with E-state index < -0.39 is 12.3 Å². The van der Waals surface area contributed by atoms with Crippen molar-refractivity contribution in [3.63, 3.8) is 0 Å². The zero-order valence-corrected chi connectivity index (χ0v) is 5.32. The van der Waals surface area contributed by atoms with Crippen LogP contribution in [0.3, 0.4) is 0 Å². The molecule has 0 atom stereocenters. The number of hydrogen-bond donors (Lipinski definition) is 1. The van der Waals surface area contributed by atoms with Crippen LogP contribution in [0.5, 0.6) is 0 Å². The maximum atomic E-state index is 9.96. The van der Waals surface area contributed by atoms with Gasteiger partial charge in [0.15, 0.2) is 6.29 Å². The van der Waals surface area contributed by atoms with E-state index in [0.29, 0.717) is 13.2 Å². The number of hydrogen-bond acceptors (Lipinski definition) is 3. The minimum atomic E-state index is -0.987. The summed E-state index contributed by atoms with van der Waals surface area (Å²) in [5.41, 5.74) is 0. The van der Waals surface area contributed by atoms with Crippen LogP contribution in [0.4, 0.5) is 0 Å². The lowest BCUT2D eigenvalue weighted by atomic mass is 10.5. The average molecular weight is 144 g/mol. The first-order valence-electron chi connectivity index (χ1n) is 2.93. The standard InChI is InChI=1S/C6H8O4/c7-5(8)1-2-6-9-3-4-10-6/h1-2,6H,3-4H2,(H,7,8). The van der Waals surface area contributed by atoms with Crippen molar-refractivity contribution >= 4 is 5.97 Å². The normalized spacial score (nSPS) is 20.4. The highest BCUT2D eigenvalue weighted by molar-refractivity contribution is 5.79. The highest BCUT2D eigenvalue weighted by atomic mass is 16.7. The van der Waals surface area contributed by atoms with Gasteiger partial charge in [0.1, 0.15) is 0 Å². The summed E-state index contributed by atoms with van der Waals surface area (Å²) in [6, 6.07) is 0. The SMILES string of the molecule is O=C(O)C=CC1OCCO1.